The molecular weight excluding hydrogens is 295 g/mol. The van der Waals surface area contributed by atoms with Crippen molar-refractivity contribution in [1.82, 2.24) is 0 Å². The molecule has 0 bridgehead atoms. The molecule has 0 aromatic heterocycles. The molecule has 0 unspecified atom stereocenters. The smallest absolute Gasteiger partial charge is 0.126 e. The van der Waals surface area contributed by atoms with Crippen LogP contribution in [0, 0.1) is 12.7 Å². The Bertz CT molecular complexity index is 596. The van der Waals surface area contributed by atoms with Crippen LogP contribution in [0.1, 0.15) is 29.7 Å². The highest BCUT2D eigenvalue weighted by Crippen LogP contribution is 2.32. The van der Waals surface area contributed by atoms with Gasteiger partial charge in [0, 0.05) is 15.7 Å². The summed E-state index contributed by atoms with van der Waals surface area (Å²) in [6, 6.07) is 10.8. The molecular formula is C16H16ClFOS. The summed E-state index contributed by atoms with van der Waals surface area (Å²) in [6.07, 6.45) is -0.683. The molecule has 2 rings (SSSR count). The van der Waals surface area contributed by atoms with Gasteiger partial charge in [0.1, 0.15) is 5.82 Å². The molecule has 0 fully saturated rings. The van der Waals surface area contributed by atoms with E-state index in [1.54, 1.807) is 31.7 Å². The van der Waals surface area contributed by atoms with Gasteiger partial charge in [0.2, 0.25) is 0 Å². The summed E-state index contributed by atoms with van der Waals surface area (Å²) >= 11 is 7.44. The third-order valence-corrected chi connectivity index (χ3v) is 4.44. The van der Waals surface area contributed by atoms with Crippen LogP contribution in [-0.4, -0.2) is 5.11 Å². The maximum atomic E-state index is 13.6. The Labute approximate surface area is 127 Å². The van der Waals surface area contributed by atoms with E-state index < -0.39 is 6.10 Å². The maximum absolute atomic E-state index is 13.6. The lowest BCUT2D eigenvalue weighted by molar-refractivity contribution is 0.196. The molecule has 0 spiro atoms. The zero-order valence-corrected chi connectivity index (χ0v) is 12.9. The Morgan fingerprint density at radius 1 is 1.25 bits per heavy atom. The standard InChI is InChI=1S/C16H16ClFOS/c1-10-7-16(14(11(2)19)8-15(10)18)20-9-12-3-5-13(17)6-4-12/h3-8,11,19H,9H2,1-2H3/t11-/m1/s1. The molecule has 1 atom stereocenters. The SMILES string of the molecule is Cc1cc(SCc2ccc(Cl)cc2)c([C@@H](C)O)cc1F. The summed E-state index contributed by atoms with van der Waals surface area (Å²) in [7, 11) is 0. The highest BCUT2D eigenvalue weighted by molar-refractivity contribution is 7.98. The Balaban J connectivity index is 2.20. The van der Waals surface area contributed by atoms with Gasteiger partial charge < -0.3 is 5.11 Å². The lowest BCUT2D eigenvalue weighted by atomic mass is 10.1. The normalized spacial score (nSPS) is 12.4. The first-order chi connectivity index (χ1) is 9.47. The Morgan fingerprint density at radius 3 is 2.50 bits per heavy atom. The van der Waals surface area contributed by atoms with Gasteiger partial charge in [-0.15, -0.1) is 11.8 Å². The molecule has 0 aliphatic carbocycles. The number of benzene rings is 2. The van der Waals surface area contributed by atoms with E-state index in [1.807, 2.05) is 24.3 Å². The second-order valence-corrected chi connectivity index (χ2v) is 6.18. The van der Waals surface area contributed by atoms with E-state index in [2.05, 4.69) is 0 Å². The van der Waals surface area contributed by atoms with Crippen LogP contribution in [0.2, 0.25) is 5.02 Å². The van der Waals surface area contributed by atoms with E-state index in [4.69, 9.17) is 11.6 Å². The van der Waals surface area contributed by atoms with Crippen molar-refractivity contribution in [3.63, 3.8) is 0 Å². The van der Waals surface area contributed by atoms with Crippen molar-refractivity contribution in [3.8, 4) is 0 Å². The summed E-state index contributed by atoms with van der Waals surface area (Å²) in [5.74, 6) is 0.471. The van der Waals surface area contributed by atoms with Crippen molar-refractivity contribution in [3.05, 3.63) is 63.9 Å². The molecule has 0 amide bonds. The quantitative estimate of drug-likeness (QED) is 0.790. The summed E-state index contributed by atoms with van der Waals surface area (Å²) in [5, 5.41) is 10.5. The Morgan fingerprint density at radius 2 is 1.90 bits per heavy atom. The highest BCUT2D eigenvalue weighted by atomic mass is 35.5. The molecule has 0 aliphatic rings. The second kappa shape index (κ2) is 6.61. The average molecular weight is 311 g/mol. The van der Waals surface area contributed by atoms with Gasteiger partial charge in [0.25, 0.3) is 0 Å². The molecule has 0 radical (unpaired) electrons. The molecule has 1 nitrogen and oxygen atoms in total. The minimum atomic E-state index is -0.683. The molecule has 2 aromatic rings. The predicted molar refractivity (Wildman–Crippen MR) is 82.8 cm³/mol. The molecule has 1 N–H and O–H groups in total. The molecule has 20 heavy (non-hydrogen) atoms. The van der Waals surface area contributed by atoms with Crippen molar-refractivity contribution in [2.24, 2.45) is 0 Å². The summed E-state index contributed by atoms with van der Waals surface area (Å²) in [5.41, 5.74) is 2.36. The van der Waals surface area contributed by atoms with E-state index in [0.29, 0.717) is 16.1 Å². The molecule has 106 valence electrons. The number of hydrogen-bond donors (Lipinski definition) is 1. The van der Waals surface area contributed by atoms with Gasteiger partial charge in [-0.25, -0.2) is 4.39 Å². The number of aliphatic hydroxyl groups is 1. The fourth-order valence-corrected chi connectivity index (χ4v) is 3.16. The summed E-state index contributed by atoms with van der Waals surface area (Å²) in [6.45, 7) is 3.38. The van der Waals surface area contributed by atoms with E-state index in [-0.39, 0.29) is 5.82 Å². The van der Waals surface area contributed by atoms with Crippen LogP contribution < -0.4 is 0 Å². The largest absolute Gasteiger partial charge is 0.389 e. The molecule has 0 saturated heterocycles. The number of aryl methyl sites for hydroxylation is 1. The van der Waals surface area contributed by atoms with Crippen LogP contribution in [0.15, 0.2) is 41.3 Å². The van der Waals surface area contributed by atoms with Gasteiger partial charge in [-0.1, -0.05) is 23.7 Å². The van der Waals surface area contributed by atoms with Crippen molar-refractivity contribution in [1.29, 1.82) is 0 Å². The van der Waals surface area contributed by atoms with Crippen LogP contribution in [0.4, 0.5) is 4.39 Å². The molecule has 0 aliphatic heterocycles. The maximum Gasteiger partial charge on any atom is 0.126 e. The van der Waals surface area contributed by atoms with Crippen LogP contribution in [0.3, 0.4) is 0 Å². The van der Waals surface area contributed by atoms with Crippen LogP contribution >= 0.6 is 23.4 Å². The molecule has 4 heteroatoms. The fourth-order valence-electron chi connectivity index (χ4n) is 1.86. The minimum Gasteiger partial charge on any atom is -0.389 e. The van der Waals surface area contributed by atoms with Crippen molar-refractivity contribution >= 4 is 23.4 Å². The third-order valence-electron chi connectivity index (χ3n) is 3.05. The van der Waals surface area contributed by atoms with Crippen molar-refractivity contribution in [2.45, 2.75) is 30.6 Å². The van der Waals surface area contributed by atoms with Gasteiger partial charge in [0.15, 0.2) is 0 Å². The lowest BCUT2D eigenvalue weighted by Crippen LogP contribution is -1.97. The first kappa shape index (κ1) is 15.4. The zero-order chi connectivity index (χ0) is 14.7. The molecule has 2 aromatic carbocycles. The van der Waals surface area contributed by atoms with Crippen molar-refractivity contribution in [2.75, 3.05) is 0 Å². The van der Waals surface area contributed by atoms with Gasteiger partial charge >= 0.3 is 0 Å². The minimum absolute atomic E-state index is 0.281. The fraction of sp³-hybridized carbons (Fsp3) is 0.250. The summed E-state index contributed by atoms with van der Waals surface area (Å²) < 4.78 is 13.6. The lowest BCUT2D eigenvalue weighted by Gasteiger charge is -2.13. The van der Waals surface area contributed by atoms with E-state index in [1.165, 1.54) is 6.07 Å². The molecule has 0 saturated carbocycles. The van der Waals surface area contributed by atoms with Crippen LogP contribution in [-0.2, 0) is 5.75 Å². The van der Waals surface area contributed by atoms with Gasteiger partial charge in [-0.3, -0.25) is 0 Å². The molecule has 0 heterocycles. The number of aliphatic hydroxyl groups excluding tert-OH is 1. The number of halogens is 2. The number of rotatable bonds is 4. The van der Waals surface area contributed by atoms with Gasteiger partial charge in [0.05, 0.1) is 6.10 Å². The Hall–Kier alpha value is -1.03. The first-order valence-electron chi connectivity index (χ1n) is 6.32. The first-order valence-corrected chi connectivity index (χ1v) is 7.69. The monoisotopic (exact) mass is 310 g/mol. The zero-order valence-electron chi connectivity index (χ0n) is 11.4. The van der Waals surface area contributed by atoms with E-state index in [9.17, 15) is 9.50 Å². The van der Waals surface area contributed by atoms with Crippen LogP contribution in [0.25, 0.3) is 0 Å². The average Bonchev–Trinajstić information content (AvgIpc) is 2.41. The highest BCUT2D eigenvalue weighted by Gasteiger charge is 2.12. The predicted octanol–water partition coefficient (Wildman–Crippen LogP) is 5.13. The second-order valence-electron chi connectivity index (χ2n) is 4.73. The van der Waals surface area contributed by atoms with Gasteiger partial charge in [-0.05, 0) is 54.8 Å². The van der Waals surface area contributed by atoms with E-state index >= 15 is 0 Å². The third kappa shape index (κ3) is 3.75. The van der Waals surface area contributed by atoms with Gasteiger partial charge in [-0.2, -0.15) is 0 Å². The Kier molecular flexibility index (Phi) is 5.08. The van der Waals surface area contributed by atoms with E-state index in [0.717, 1.165) is 16.2 Å². The topological polar surface area (TPSA) is 20.2 Å². The summed E-state index contributed by atoms with van der Waals surface area (Å²) in [4.78, 5) is 0.911. The van der Waals surface area contributed by atoms with Crippen LogP contribution in [0.5, 0.6) is 0 Å². The number of hydrogen-bond acceptors (Lipinski definition) is 2. The van der Waals surface area contributed by atoms with Crippen molar-refractivity contribution < 1.29 is 9.50 Å². The number of thioether (sulfide) groups is 1.